The standard InChI is InChI=1S/C20H20BrN3O2S/c1-12(2)16-6-4-5-13(3)18(16)22-17(25)11-27-20-24-23-19(26-20)14-7-9-15(21)10-8-14/h4-10,12H,11H2,1-3H3,(H,22,25). The summed E-state index contributed by atoms with van der Waals surface area (Å²) in [6, 6.07) is 13.7. The lowest BCUT2D eigenvalue weighted by Gasteiger charge is -2.16. The van der Waals surface area contributed by atoms with E-state index >= 15 is 0 Å². The van der Waals surface area contributed by atoms with Gasteiger partial charge in [0.25, 0.3) is 5.22 Å². The number of para-hydroxylation sites is 1. The Kier molecular flexibility index (Phi) is 6.34. The van der Waals surface area contributed by atoms with Crippen LogP contribution in [0.3, 0.4) is 0 Å². The van der Waals surface area contributed by atoms with Gasteiger partial charge in [-0.15, -0.1) is 10.2 Å². The van der Waals surface area contributed by atoms with Crippen molar-refractivity contribution in [3.05, 3.63) is 58.1 Å². The minimum absolute atomic E-state index is 0.0976. The highest BCUT2D eigenvalue weighted by molar-refractivity contribution is 9.10. The van der Waals surface area contributed by atoms with Crippen molar-refractivity contribution in [3.8, 4) is 11.5 Å². The number of anilines is 1. The second-order valence-corrected chi connectivity index (χ2v) is 8.25. The van der Waals surface area contributed by atoms with Crippen molar-refractivity contribution in [2.75, 3.05) is 11.1 Å². The summed E-state index contributed by atoms with van der Waals surface area (Å²) in [6.45, 7) is 6.22. The van der Waals surface area contributed by atoms with E-state index in [0.29, 0.717) is 17.0 Å². The van der Waals surface area contributed by atoms with Gasteiger partial charge in [0.1, 0.15) is 0 Å². The number of rotatable bonds is 6. The number of nitrogens with zero attached hydrogens (tertiary/aromatic N) is 2. The normalized spacial score (nSPS) is 11.0. The molecule has 0 radical (unpaired) electrons. The van der Waals surface area contributed by atoms with Crippen LogP contribution in [0.15, 0.2) is 56.6 Å². The number of hydrogen-bond donors (Lipinski definition) is 1. The Morgan fingerprint density at radius 2 is 1.93 bits per heavy atom. The van der Waals surface area contributed by atoms with Crippen LogP contribution in [-0.4, -0.2) is 21.9 Å². The fraction of sp³-hybridized carbons (Fsp3) is 0.250. The molecule has 0 unspecified atom stereocenters. The summed E-state index contributed by atoms with van der Waals surface area (Å²) < 4.78 is 6.62. The van der Waals surface area contributed by atoms with Crippen LogP contribution in [0.25, 0.3) is 11.5 Å². The molecule has 0 aliphatic carbocycles. The minimum atomic E-state index is -0.0976. The van der Waals surface area contributed by atoms with E-state index in [4.69, 9.17) is 4.42 Å². The molecule has 7 heteroatoms. The largest absolute Gasteiger partial charge is 0.411 e. The molecule has 0 bridgehead atoms. The van der Waals surface area contributed by atoms with E-state index in [9.17, 15) is 4.79 Å². The molecule has 0 saturated heterocycles. The number of aromatic nitrogens is 2. The van der Waals surface area contributed by atoms with Gasteiger partial charge in [0.2, 0.25) is 11.8 Å². The molecule has 3 aromatic rings. The van der Waals surface area contributed by atoms with Crippen LogP contribution in [0.2, 0.25) is 0 Å². The molecule has 5 nitrogen and oxygen atoms in total. The number of hydrogen-bond acceptors (Lipinski definition) is 5. The molecule has 0 spiro atoms. The summed E-state index contributed by atoms with van der Waals surface area (Å²) in [5, 5.41) is 11.4. The third kappa shape index (κ3) is 4.99. The maximum absolute atomic E-state index is 12.4. The van der Waals surface area contributed by atoms with Crippen molar-refractivity contribution in [2.24, 2.45) is 0 Å². The van der Waals surface area contributed by atoms with E-state index in [-0.39, 0.29) is 11.7 Å². The Labute approximate surface area is 171 Å². The highest BCUT2D eigenvalue weighted by atomic mass is 79.9. The van der Waals surface area contributed by atoms with E-state index in [1.54, 1.807) is 0 Å². The molecule has 1 N–H and O–H groups in total. The van der Waals surface area contributed by atoms with Crippen molar-refractivity contribution in [1.29, 1.82) is 0 Å². The van der Waals surface area contributed by atoms with Gasteiger partial charge in [0.05, 0.1) is 5.75 Å². The highest BCUT2D eigenvalue weighted by Crippen LogP contribution is 2.28. The predicted molar refractivity (Wildman–Crippen MR) is 112 cm³/mol. The van der Waals surface area contributed by atoms with E-state index in [0.717, 1.165) is 26.9 Å². The summed E-state index contributed by atoms with van der Waals surface area (Å²) in [5.41, 5.74) is 3.90. The maximum Gasteiger partial charge on any atom is 0.277 e. The van der Waals surface area contributed by atoms with Gasteiger partial charge >= 0.3 is 0 Å². The van der Waals surface area contributed by atoms with Gasteiger partial charge in [-0.1, -0.05) is 59.7 Å². The quantitative estimate of drug-likeness (QED) is 0.495. The lowest BCUT2D eigenvalue weighted by molar-refractivity contribution is -0.113. The highest BCUT2D eigenvalue weighted by Gasteiger charge is 2.14. The van der Waals surface area contributed by atoms with Crippen molar-refractivity contribution in [1.82, 2.24) is 10.2 Å². The summed E-state index contributed by atoms with van der Waals surface area (Å²) >= 11 is 4.62. The molecule has 2 aromatic carbocycles. The second kappa shape index (κ2) is 8.71. The summed E-state index contributed by atoms with van der Waals surface area (Å²) in [7, 11) is 0. The van der Waals surface area contributed by atoms with Crippen LogP contribution >= 0.6 is 27.7 Å². The zero-order valence-electron chi connectivity index (χ0n) is 15.3. The number of aryl methyl sites for hydroxylation is 1. The first kappa shape index (κ1) is 19.6. The molecule has 140 valence electrons. The summed E-state index contributed by atoms with van der Waals surface area (Å²) in [4.78, 5) is 12.4. The number of carbonyl (C=O) groups is 1. The summed E-state index contributed by atoms with van der Waals surface area (Å²) in [5.74, 6) is 0.872. The minimum Gasteiger partial charge on any atom is -0.411 e. The number of thioether (sulfide) groups is 1. The molecular formula is C20H20BrN3O2S. The molecule has 0 saturated carbocycles. The lowest BCUT2D eigenvalue weighted by Crippen LogP contribution is -2.16. The number of halogens is 1. The number of amides is 1. The van der Waals surface area contributed by atoms with Gasteiger partial charge in [-0.2, -0.15) is 0 Å². The Morgan fingerprint density at radius 1 is 1.19 bits per heavy atom. The van der Waals surface area contributed by atoms with Crippen LogP contribution in [0.4, 0.5) is 5.69 Å². The third-order valence-corrected chi connectivity index (χ3v) is 5.36. The Hall–Kier alpha value is -2.12. The third-order valence-electron chi connectivity index (χ3n) is 4.02. The molecule has 0 aliphatic heterocycles. The zero-order valence-corrected chi connectivity index (χ0v) is 17.7. The van der Waals surface area contributed by atoms with Crippen LogP contribution < -0.4 is 5.32 Å². The molecule has 3 rings (SSSR count). The average Bonchev–Trinajstić information content (AvgIpc) is 3.11. The Balaban J connectivity index is 1.63. The van der Waals surface area contributed by atoms with Crippen molar-refractivity contribution in [3.63, 3.8) is 0 Å². The van der Waals surface area contributed by atoms with Gasteiger partial charge in [0.15, 0.2) is 0 Å². The molecule has 1 aromatic heterocycles. The topological polar surface area (TPSA) is 68.0 Å². The lowest BCUT2D eigenvalue weighted by atomic mass is 9.98. The second-order valence-electron chi connectivity index (χ2n) is 6.41. The Bertz CT molecular complexity index is 939. The first-order valence-corrected chi connectivity index (χ1v) is 10.3. The smallest absolute Gasteiger partial charge is 0.277 e. The number of carbonyl (C=O) groups excluding carboxylic acids is 1. The molecule has 0 atom stereocenters. The van der Waals surface area contributed by atoms with Gasteiger partial charge in [-0.05, 0) is 48.2 Å². The monoisotopic (exact) mass is 445 g/mol. The molecular weight excluding hydrogens is 426 g/mol. The van der Waals surface area contributed by atoms with Crippen LogP contribution in [-0.2, 0) is 4.79 Å². The van der Waals surface area contributed by atoms with Crippen molar-refractivity contribution >= 4 is 39.3 Å². The number of benzene rings is 2. The summed E-state index contributed by atoms with van der Waals surface area (Å²) in [6.07, 6.45) is 0. The fourth-order valence-corrected chi connectivity index (χ4v) is 3.45. The zero-order chi connectivity index (χ0) is 19.4. The van der Waals surface area contributed by atoms with Gasteiger partial charge in [-0.3, -0.25) is 4.79 Å². The van der Waals surface area contributed by atoms with E-state index in [1.807, 2.05) is 49.4 Å². The fourth-order valence-electron chi connectivity index (χ4n) is 2.62. The molecule has 0 fully saturated rings. The molecule has 0 aliphatic rings. The molecule has 1 heterocycles. The van der Waals surface area contributed by atoms with Crippen LogP contribution in [0.5, 0.6) is 0 Å². The van der Waals surface area contributed by atoms with Crippen LogP contribution in [0.1, 0.15) is 30.9 Å². The predicted octanol–water partition coefficient (Wildman–Crippen LogP) is 5.66. The van der Waals surface area contributed by atoms with Gasteiger partial charge in [-0.25, -0.2) is 0 Å². The van der Waals surface area contributed by atoms with Crippen molar-refractivity contribution in [2.45, 2.75) is 31.9 Å². The Morgan fingerprint density at radius 3 is 2.63 bits per heavy atom. The van der Waals surface area contributed by atoms with E-state index < -0.39 is 0 Å². The number of nitrogens with one attached hydrogen (secondary N) is 1. The maximum atomic E-state index is 12.4. The first-order chi connectivity index (χ1) is 12.9. The average molecular weight is 446 g/mol. The van der Waals surface area contributed by atoms with Crippen LogP contribution in [0, 0.1) is 6.92 Å². The molecule has 1 amide bonds. The van der Waals surface area contributed by atoms with Crippen molar-refractivity contribution < 1.29 is 9.21 Å². The first-order valence-electron chi connectivity index (χ1n) is 8.55. The van der Waals surface area contributed by atoms with Gasteiger partial charge < -0.3 is 9.73 Å². The molecule has 27 heavy (non-hydrogen) atoms. The SMILES string of the molecule is Cc1cccc(C(C)C)c1NC(=O)CSc1nnc(-c2ccc(Br)cc2)o1. The van der Waals surface area contributed by atoms with E-state index in [2.05, 4.69) is 45.3 Å². The van der Waals surface area contributed by atoms with E-state index in [1.165, 1.54) is 11.8 Å². The van der Waals surface area contributed by atoms with Gasteiger partial charge in [0, 0.05) is 15.7 Å².